The summed E-state index contributed by atoms with van der Waals surface area (Å²) in [6, 6.07) is 14.0. The van der Waals surface area contributed by atoms with Gasteiger partial charge in [0, 0.05) is 17.7 Å². The fourth-order valence-corrected chi connectivity index (χ4v) is 3.81. The van der Waals surface area contributed by atoms with E-state index in [4.69, 9.17) is 0 Å². The van der Waals surface area contributed by atoms with E-state index in [1.54, 1.807) is 0 Å². The number of nitro benzene ring substituents is 1. The van der Waals surface area contributed by atoms with Gasteiger partial charge in [0.25, 0.3) is 11.6 Å². The molecule has 0 saturated heterocycles. The summed E-state index contributed by atoms with van der Waals surface area (Å²) in [7, 11) is 0. The lowest BCUT2D eigenvalue weighted by Crippen LogP contribution is -2.11. The number of rotatable bonds is 5. The normalized spacial score (nSPS) is 15.2. The molecule has 0 spiro atoms. The summed E-state index contributed by atoms with van der Waals surface area (Å²) in [5, 5.41) is 25.8. The van der Waals surface area contributed by atoms with Gasteiger partial charge in [-0.15, -0.1) is 10.2 Å². The predicted molar refractivity (Wildman–Crippen MR) is 102 cm³/mol. The van der Waals surface area contributed by atoms with E-state index in [9.17, 15) is 14.9 Å². The molecule has 0 bridgehead atoms. The van der Waals surface area contributed by atoms with Crippen LogP contribution in [0.2, 0.25) is 0 Å². The van der Waals surface area contributed by atoms with Gasteiger partial charge in [0.15, 0.2) is 0 Å². The minimum absolute atomic E-state index is 0.137. The minimum atomic E-state index is -0.538. The largest absolute Gasteiger partial charge is 0.353 e. The number of fused-ring (bicyclic) bond motifs is 1. The Morgan fingerprint density at radius 3 is 2.81 bits per heavy atom. The highest BCUT2D eigenvalue weighted by molar-refractivity contribution is 7.19. The third-order valence-corrected chi connectivity index (χ3v) is 5.17. The standard InChI is InChI=1S/C18H15N5O3S/c24-16(12-5-3-6-13(10-12)23(25)26)20-18-22-21-17(27-18)19-15-9-8-11-4-1-2-7-14(11)15/h1-7,10,15H,8-9H2,(H,19,21)(H,20,22,24). The average Bonchev–Trinajstić information content (AvgIpc) is 3.29. The van der Waals surface area contributed by atoms with Crippen LogP contribution in [0.15, 0.2) is 48.5 Å². The van der Waals surface area contributed by atoms with Crippen molar-refractivity contribution in [1.29, 1.82) is 0 Å². The van der Waals surface area contributed by atoms with Gasteiger partial charge in [-0.25, -0.2) is 0 Å². The second-order valence-corrected chi connectivity index (χ2v) is 7.09. The van der Waals surface area contributed by atoms with Crippen molar-refractivity contribution in [3.63, 3.8) is 0 Å². The molecule has 1 atom stereocenters. The van der Waals surface area contributed by atoms with Crippen molar-refractivity contribution < 1.29 is 9.72 Å². The number of aryl methyl sites for hydroxylation is 1. The van der Waals surface area contributed by atoms with Crippen molar-refractivity contribution >= 4 is 33.2 Å². The number of non-ortho nitro benzene ring substituents is 1. The Balaban J connectivity index is 1.43. The van der Waals surface area contributed by atoms with E-state index in [1.807, 2.05) is 12.1 Å². The quantitative estimate of drug-likeness (QED) is 0.514. The van der Waals surface area contributed by atoms with E-state index < -0.39 is 10.8 Å². The topological polar surface area (TPSA) is 110 Å². The number of nitrogens with one attached hydrogen (secondary N) is 2. The number of aromatic nitrogens is 2. The van der Waals surface area contributed by atoms with Gasteiger partial charge in [0.2, 0.25) is 10.3 Å². The first-order chi connectivity index (χ1) is 13.1. The van der Waals surface area contributed by atoms with Crippen molar-refractivity contribution in [3.8, 4) is 0 Å². The number of nitrogens with zero attached hydrogens (tertiary/aromatic N) is 3. The van der Waals surface area contributed by atoms with Crippen molar-refractivity contribution in [2.24, 2.45) is 0 Å². The van der Waals surface area contributed by atoms with Crippen LogP contribution < -0.4 is 10.6 Å². The van der Waals surface area contributed by atoms with Gasteiger partial charge in [0.1, 0.15) is 0 Å². The van der Waals surface area contributed by atoms with Crippen molar-refractivity contribution in [2.75, 3.05) is 10.6 Å². The smallest absolute Gasteiger partial charge is 0.270 e. The lowest BCUT2D eigenvalue weighted by molar-refractivity contribution is -0.384. The molecule has 2 N–H and O–H groups in total. The number of carbonyl (C=O) groups excluding carboxylic acids is 1. The van der Waals surface area contributed by atoms with Crippen LogP contribution in [0, 0.1) is 10.1 Å². The number of anilines is 2. The molecule has 1 aromatic heterocycles. The van der Waals surface area contributed by atoms with Crippen LogP contribution >= 0.6 is 11.3 Å². The number of nitro groups is 1. The highest BCUT2D eigenvalue weighted by atomic mass is 32.1. The van der Waals surface area contributed by atoms with Gasteiger partial charge in [-0.05, 0) is 30.0 Å². The molecule has 0 aliphatic heterocycles. The molecule has 0 radical (unpaired) electrons. The maximum Gasteiger partial charge on any atom is 0.270 e. The molecule has 1 amide bonds. The Hall–Kier alpha value is -3.33. The molecule has 4 rings (SSSR count). The van der Waals surface area contributed by atoms with Crippen LogP contribution in [0.1, 0.15) is 33.9 Å². The van der Waals surface area contributed by atoms with E-state index in [0.29, 0.717) is 10.3 Å². The Morgan fingerprint density at radius 2 is 1.96 bits per heavy atom. The predicted octanol–water partition coefficient (Wildman–Crippen LogP) is 3.80. The molecular formula is C18H15N5O3S. The van der Waals surface area contributed by atoms with Crippen LogP contribution in [0.25, 0.3) is 0 Å². The van der Waals surface area contributed by atoms with E-state index in [1.165, 1.54) is 46.7 Å². The molecule has 1 aliphatic rings. The lowest BCUT2D eigenvalue weighted by atomic mass is 10.1. The first-order valence-corrected chi connectivity index (χ1v) is 9.15. The van der Waals surface area contributed by atoms with Crippen LogP contribution in [0.3, 0.4) is 0 Å². The van der Waals surface area contributed by atoms with E-state index in [2.05, 4.69) is 33.0 Å². The molecule has 8 nitrogen and oxygen atoms in total. The Labute approximate surface area is 158 Å². The summed E-state index contributed by atoms with van der Waals surface area (Å²) in [5.74, 6) is -0.465. The number of hydrogen-bond donors (Lipinski definition) is 2. The lowest BCUT2D eigenvalue weighted by Gasteiger charge is -2.12. The maximum atomic E-state index is 12.3. The molecule has 1 unspecified atom stereocenters. The summed E-state index contributed by atoms with van der Waals surface area (Å²) >= 11 is 1.23. The number of hydrogen-bond acceptors (Lipinski definition) is 7. The summed E-state index contributed by atoms with van der Waals surface area (Å²) in [6.45, 7) is 0. The zero-order valence-corrected chi connectivity index (χ0v) is 14.9. The second-order valence-electron chi connectivity index (χ2n) is 6.11. The maximum absolute atomic E-state index is 12.3. The fourth-order valence-electron chi connectivity index (χ4n) is 3.12. The zero-order valence-electron chi connectivity index (χ0n) is 14.1. The van der Waals surface area contributed by atoms with Gasteiger partial charge >= 0.3 is 0 Å². The fraction of sp³-hybridized carbons (Fsp3) is 0.167. The Kier molecular flexibility index (Phi) is 4.51. The molecule has 9 heteroatoms. The summed E-state index contributed by atoms with van der Waals surface area (Å²) < 4.78 is 0. The van der Waals surface area contributed by atoms with Crippen LogP contribution in [-0.2, 0) is 6.42 Å². The molecule has 0 fully saturated rings. The van der Waals surface area contributed by atoms with Gasteiger partial charge in [-0.1, -0.05) is 41.7 Å². The van der Waals surface area contributed by atoms with Gasteiger partial charge in [0.05, 0.1) is 11.0 Å². The molecule has 136 valence electrons. The SMILES string of the molecule is O=C(Nc1nnc(NC2CCc3ccccc32)s1)c1cccc([N+](=O)[O-])c1. The third kappa shape index (κ3) is 3.63. The number of carbonyl (C=O) groups is 1. The van der Waals surface area contributed by atoms with Crippen LogP contribution in [0.5, 0.6) is 0 Å². The van der Waals surface area contributed by atoms with Crippen LogP contribution in [0.4, 0.5) is 16.0 Å². The molecule has 27 heavy (non-hydrogen) atoms. The Morgan fingerprint density at radius 1 is 1.15 bits per heavy atom. The monoisotopic (exact) mass is 381 g/mol. The van der Waals surface area contributed by atoms with E-state index >= 15 is 0 Å². The Bertz CT molecular complexity index is 1020. The average molecular weight is 381 g/mol. The molecule has 2 aromatic carbocycles. The van der Waals surface area contributed by atoms with Gasteiger partial charge in [-0.2, -0.15) is 0 Å². The van der Waals surface area contributed by atoms with Crippen molar-refractivity contribution in [3.05, 3.63) is 75.3 Å². The molecule has 1 aliphatic carbocycles. The highest BCUT2D eigenvalue weighted by Gasteiger charge is 2.23. The van der Waals surface area contributed by atoms with E-state index in [0.717, 1.165) is 12.8 Å². The number of benzene rings is 2. The first kappa shape index (κ1) is 17.1. The van der Waals surface area contributed by atoms with Gasteiger partial charge < -0.3 is 5.32 Å². The van der Waals surface area contributed by atoms with Crippen LogP contribution in [-0.4, -0.2) is 21.0 Å². The second kappa shape index (κ2) is 7.12. The summed E-state index contributed by atoms with van der Waals surface area (Å²) in [4.78, 5) is 22.6. The minimum Gasteiger partial charge on any atom is -0.353 e. The molecular weight excluding hydrogens is 366 g/mol. The first-order valence-electron chi connectivity index (χ1n) is 8.34. The third-order valence-electron chi connectivity index (χ3n) is 4.40. The number of amides is 1. The zero-order chi connectivity index (χ0) is 18.8. The molecule has 0 saturated carbocycles. The molecule has 1 heterocycles. The van der Waals surface area contributed by atoms with Gasteiger partial charge in [-0.3, -0.25) is 20.2 Å². The summed E-state index contributed by atoms with van der Waals surface area (Å²) in [5.41, 5.74) is 2.65. The highest BCUT2D eigenvalue weighted by Crippen LogP contribution is 2.34. The molecule has 3 aromatic rings. The van der Waals surface area contributed by atoms with E-state index in [-0.39, 0.29) is 17.3 Å². The summed E-state index contributed by atoms with van der Waals surface area (Å²) in [6.07, 6.45) is 2.00. The van der Waals surface area contributed by atoms with Crippen molar-refractivity contribution in [1.82, 2.24) is 10.2 Å². The van der Waals surface area contributed by atoms with Crippen molar-refractivity contribution in [2.45, 2.75) is 18.9 Å².